The molecule has 6 nitrogen and oxygen atoms in total. The molecule has 1 atom stereocenters. The summed E-state index contributed by atoms with van der Waals surface area (Å²) in [5.74, 6) is 0.829. The first-order valence-corrected chi connectivity index (χ1v) is 6.42. The Kier molecular flexibility index (Phi) is 4.34. The van der Waals surface area contributed by atoms with Crippen molar-refractivity contribution in [2.45, 2.75) is 26.8 Å². The minimum absolute atomic E-state index is 0.0576. The van der Waals surface area contributed by atoms with Gasteiger partial charge >= 0.3 is 5.97 Å². The van der Waals surface area contributed by atoms with Gasteiger partial charge in [0.15, 0.2) is 0 Å². The molecule has 2 rings (SSSR count). The maximum atomic E-state index is 11.6. The molecule has 0 amide bonds. The molecule has 0 bridgehead atoms. The minimum atomic E-state index is -0.407. The van der Waals surface area contributed by atoms with Crippen molar-refractivity contribution in [3.63, 3.8) is 0 Å². The second-order valence-corrected chi connectivity index (χ2v) is 4.29. The number of anilines is 1. The highest BCUT2D eigenvalue weighted by Gasteiger charge is 2.14. The summed E-state index contributed by atoms with van der Waals surface area (Å²) in [6.07, 6.45) is 3.08. The van der Waals surface area contributed by atoms with Gasteiger partial charge in [-0.15, -0.1) is 0 Å². The van der Waals surface area contributed by atoms with E-state index in [1.54, 1.807) is 20.1 Å². The van der Waals surface area contributed by atoms with Gasteiger partial charge in [0, 0.05) is 6.20 Å². The van der Waals surface area contributed by atoms with Gasteiger partial charge in [-0.25, -0.2) is 14.8 Å². The Hall–Kier alpha value is -2.37. The van der Waals surface area contributed by atoms with Crippen LogP contribution in [0.4, 0.5) is 5.95 Å². The third-order valence-electron chi connectivity index (χ3n) is 2.79. The zero-order valence-corrected chi connectivity index (χ0v) is 11.7. The van der Waals surface area contributed by atoms with Crippen molar-refractivity contribution in [2.24, 2.45) is 0 Å². The molecule has 2 aromatic heterocycles. The number of aromatic nitrogens is 2. The van der Waals surface area contributed by atoms with Crippen molar-refractivity contribution in [1.82, 2.24) is 9.97 Å². The van der Waals surface area contributed by atoms with Gasteiger partial charge in [0.05, 0.1) is 30.2 Å². The Bertz CT molecular complexity index is 581. The highest BCUT2D eigenvalue weighted by atomic mass is 16.5. The van der Waals surface area contributed by atoms with Crippen LogP contribution < -0.4 is 5.32 Å². The van der Waals surface area contributed by atoms with Gasteiger partial charge in [-0.3, -0.25) is 0 Å². The van der Waals surface area contributed by atoms with E-state index in [0.717, 1.165) is 5.76 Å². The Morgan fingerprint density at radius 1 is 1.55 bits per heavy atom. The van der Waals surface area contributed by atoms with Crippen LogP contribution in [-0.4, -0.2) is 22.5 Å². The van der Waals surface area contributed by atoms with Crippen molar-refractivity contribution >= 4 is 11.9 Å². The Morgan fingerprint density at radius 2 is 2.35 bits per heavy atom. The van der Waals surface area contributed by atoms with Gasteiger partial charge in [0.25, 0.3) is 0 Å². The number of furan rings is 1. The van der Waals surface area contributed by atoms with Crippen LogP contribution in [-0.2, 0) is 4.74 Å². The number of rotatable bonds is 5. The molecule has 2 heterocycles. The van der Waals surface area contributed by atoms with Crippen molar-refractivity contribution in [2.75, 3.05) is 11.9 Å². The average molecular weight is 275 g/mol. The number of esters is 1. The first-order chi connectivity index (χ1) is 9.61. The van der Waals surface area contributed by atoms with E-state index in [2.05, 4.69) is 15.3 Å². The molecule has 1 unspecified atom stereocenters. The molecule has 0 aromatic carbocycles. The van der Waals surface area contributed by atoms with Crippen molar-refractivity contribution in [3.05, 3.63) is 41.6 Å². The van der Waals surface area contributed by atoms with E-state index in [-0.39, 0.29) is 6.04 Å². The summed E-state index contributed by atoms with van der Waals surface area (Å²) in [5.41, 5.74) is 0.954. The fourth-order valence-electron chi connectivity index (χ4n) is 1.75. The van der Waals surface area contributed by atoms with Crippen molar-refractivity contribution in [3.8, 4) is 0 Å². The van der Waals surface area contributed by atoms with Gasteiger partial charge < -0.3 is 14.5 Å². The zero-order valence-electron chi connectivity index (χ0n) is 11.7. The van der Waals surface area contributed by atoms with Crippen LogP contribution in [0, 0.1) is 6.92 Å². The quantitative estimate of drug-likeness (QED) is 0.845. The monoisotopic (exact) mass is 275 g/mol. The third kappa shape index (κ3) is 3.14. The molecular weight excluding hydrogens is 258 g/mol. The van der Waals surface area contributed by atoms with Gasteiger partial charge in [-0.2, -0.15) is 0 Å². The van der Waals surface area contributed by atoms with Crippen molar-refractivity contribution < 1.29 is 13.9 Å². The van der Waals surface area contributed by atoms with E-state index in [9.17, 15) is 4.79 Å². The second-order valence-electron chi connectivity index (χ2n) is 4.29. The molecule has 20 heavy (non-hydrogen) atoms. The first kappa shape index (κ1) is 14.0. The number of ether oxygens (including phenoxy) is 1. The molecule has 0 aliphatic carbocycles. The van der Waals surface area contributed by atoms with Gasteiger partial charge in [-0.1, -0.05) is 0 Å². The number of nitrogens with one attached hydrogen (secondary N) is 1. The zero-order chi connectivity index (χ0) is 14.5. The number of hydrogen-bond acceptors (Lipinski definition) is 6. The summed E-state index contributed by atoms with van der Waals surface area (Å²) in [6.45, 7) is 5.77. The predicted octanol–water partition coefficient (Wildman–Crippen LogP) is 2.73. The van der Waals surface area contributed by atoms with E-state index in [1.165, 1.54) is 6.20 Å². The Balaban J connectivity index is 2.11. The van der Waals surface area contributed by atoms with Crippen LogP contribution in [0.1, 0.15) is 41.7 Å². The fourth-order valence-corrected chi connectivity index (χ4v) is 1.75. The Labute approximate surface area is 117 Å². The SMILES string of the molecule is CCOC(=O)c1cnc(NC(C)c2ccco2)nc1C. The van der Waals surface area contributed by atoms with Crippen LogP contribution in [0.5, 0.6) is 0 Å². The molecule has 0 saturated carbocycles. The van der Waals surface area contributed by atoms with Crippen LogP contribution in [0.25, 0.3) is 0 Å². The number of hydrogen-bond donors (Lipinski definition) is 1. The minimum Gasteiger partial charge on any atom is -0.467 e. The molecule has 106 valence electrons. The molecule has 0 radical (unpaired) electrons. The number of nitrogens with zero attached hydrogens (tertiary/aromatic N) is 2. The van der Waals surface area contributed by atoms with Gasteiger partial charge in [0.1, 0.15) is 5.76 Å². The lowest BCUT2D eigenvalue weighted by Gasteiger charge is -2.12. The highest BCUT2D eigenvalue weighted by molar-refractivity contribution is 5.90. The third-order valence-corrected chi connectivity index (χ3v) is 2.79. The van der Waals surface area contributed by atoms with Crippen LogP contribution >= 0.6 is 0 Å². The lowest BCUT2D eigenvalue weighted by atomic mass is 10.2. The Morgan fingerprint density at radius 3 is 2.95 bits per heavy atom. The topological polar surface area (TPSA) is 77.2 Å². The summed E-state index contributed by atoms with van der Waals surface area (Å²) in [6, 6.07) is 3.64. The van der Waals surface area contributed by atoms with Gasteiger partial charge in [0.2, 0.25) is 5.95 Å². The van der Waals surface area contributed by atoms with E-state index in [1.807, 2.05) is 19.1 Å². The molecule has 6 heteroatoms. The largest absolute Gasteiger partial charge is 0.467 e. The summed E-state index contributed by atoms with van der Waals surface area (Å²) >= 11 is 0. The summed E-state index contributed by atoms with van der Waals surface area (Å²) < 4.78 is 10.2. The first-order valence-electron chi connectivity index (χ1n) is 6.42. The van der Waals surface area contributed by atoms with Crippen LogP contribution in [0.3, 0.4) is 0 Å². The van der Waals surface area contributed by atoms with Gasteiger partial charge in [-0.05, 0) is 32.9 Å². The summed E-state index contributed by atoms with van der Waals surface area (Å²) in [4.78, 5) is 20.0. The number of carbonyl (C=O) groups excluding carboxylic acids is 1. The predicted molar refractivity (Wildman–Crippen MR) is 73.5 cm³/mol. The molecule has 1 N–H and O–H groups in total. The second kappa shape index (κ2) is 6.18. The normalized spacial score (nSPS) is 11.9. The number of aryl methyl sites for hydroxylation is 1. The molecule has 0 spiro atoms. The molecule has 0 saturated heterocycles. The maximum Gasteiger partial charge on any atom is 0.341 e. The van der Waals surface area contributed by atoms with Crippen LogP contribution in [0.15, 0.2) is 29.0 Å². The standard InChI is InChI=1S/C14H17N3O3/c1-4-19-13(18)11-8-15-14(16-9(11)2)17-10(3)12-6-5-7-20-12/h5-8,10H,4H2,1-3H3,(H,15,16,17). The lowest BCUT2D eigenvalue weighted by Crippen LogP contribution is -2.13. The van der Waals surface area contributed by atoms with E-state index >= 15 is 0 Å². The van der Waals surface area contributed by atoms with E-state index in [0.29, 0.717) is 23.8 Å². The molecule has 0 aliphatic rings. The average Bonchev–Trinajstić information content (AvgIpc) is 2.93. The molecule has 0 fully saturated rings. The molecular formula is C14H17N3O3. The smallest absolute Gasteiger partial charge is 0.341 e. The fraction of sp³-hybridized carbons (Fsp3) is 0.357. The summed E-state index contributed by atoms with van der Waals surface area (Å²) in [5, 5.41) is 3.12. The van der Waals surface area contributed by atoms with Crippen molar-refractivity contribution in [1.29, 1.82) is 0 Å². The maximum absolute atomic E-state index is 11.6. The van der Waals surface area contributed by atoms with E-state index < -0.39 is 5.97 Å². The van der Waals surface area contributed by atoms with E-state index in [4.69, 9.17) is 9.15 Å². The molecule has 2 aromatic rings. The molecule has 0 aliphatic heterocycles. The summed E-state index contributed by atoms with van der Waals surface area (Å²) in [7, 11) is 0. The number of carbonyl (C=O) groups is 1. The highest BCUT2D eigenvalue weighted by Crippen LogP contribution is 2.17. The lowest BCUT2D eigenvalue weighted by molar-refractivity contribution is 0.0524. The van der Waals surface area contributed by atoms with Crippen LogP contribution in [0.2, 0.25) is 0 Å².